The van der Waals surface area contributed by atoms with Crippen LogP contribution in [0.5, 0.6) is 0 Å². The van der Waals surface area contributed by atoms with E-state index in [4.69, 9.17) is 0 Å². The van der Waals surface area contributed by atoms with Gasteiger partial charge in [0, 0.05) is 24.0 Å². The number of hydrogen-bond acceptors (Lipinski definition) is 3. The average Bonchev–Trinajstić information content (AvgIpc) is 2.31. The number of rotatable bonds is 2. The van der Waals surface area contributed by atoms with Crippen LogP contribution >= 0.6 is 0 Å². The monoisotopic (exact) mass is 206 g/mol. The predicted molar refractivity (Wildman–Crippen MR) is 59.4 cm³/mol. The fraction of sp³-hybridized carbons (Fsp3) is 0.583. The molecule has 1 aliphatic carbocycles. The summed E-state index contributed by atoms with van der Waals surface area (Å²) in [5, 5.41) is 13.8. The minimum Gasteiger partial charge on any atom is -0.385 e. The molecule has 1 aromatic rings. The van der Waals surface area contributed by atoms with Gasteiger partial charge in [-0.25, -0.2) is 0 Å². The Hall–Kier alpha value is -0.930. The van der Waals surface area contributed by atoms with Crippen LogP contribution in [0.3, 0.4) is 0 Å². The van der Waals surface area contributed by atoms with Crippen molar-refractivity contribution >= 4 is 0 Å². The molecule has 0 spiro atoms. The quantitative estimate of drug-likeness (QED) is 0.769. The Morgan fingerprint density at radius 2 is 2.20 bits per heavy atom. The van der Waals surface area contributed by atoms with E-state index < -0.39 is 5.60 Å². The van der Waals surface area contributed by atoms with Gasteiger partial charge in [0.05, 0.1) is 5.60 Å². The largest absolute Gasteiger partial charge is 0.385 e. The van der Waals surface area contributed by atoms with E-state index in [0.717, 1.165) is 31.2 Å². The molecule has 0 unspecified atom stereocenters. The zero-order valence-corrected chi connectivity index (χ0v) is 9.11. The molecule has 1 aliphatic rings. The molecule has 82 valence electrons. The maximum atomic E-state index is 10.5. The highest BCUT2D eigenvalue weighted by atomic mass is 16.3. The molecule has 1 heterocycles. The van der Waals surface area contributed by atoms with E-state index in [-0.39, 0.29) is 0 Å². The third-order valence-electron chi connectivity index (χ3n) is 3.42. The smallest absolute Gasteiger partial charge is 0.0912 e. The van der Waals surface area contributed by atoms with Gasteiger partial charge in [0.25, 0.3) is 0 Å². The van der Waals surface area contributed by atoms with Crippen molar-refractivity contribution in [3.8, 4) is 0 Å². The van der Waals surface area contributed by atoms with E-state index in [1.165, 1.54) is 0 Å². The summed E-state index contributed by atoms with van der Waals surface area (Å²) >= 11 is 0. The second kappa shape index (κ2) is 4.29. The average molecular weight is 206 g/mol. The Morgan fingerprint density at radius 3 is 2.73 bits per heavy atom. The van der Waals surface area contributed by atoms with E-state index in [1.54, 1.807) is 12.4 Å². The molecule has 1 saturated carbocycles. The summed E-state index contributed by atoms with van der Waals surface area (Å²) in [6.45, 7) is 0. The van der Waals surface area contributed by atoms with E-state index in [9.17, 15) is 5.11 Å². The van der Waals surface area contributed by atoms with Gasteiger partial charge in [0.1, 0.15) is 0 Å². The minimum atomic E-state index is -0.651. The Balaban J connectivity index is 2.10. The van der Waals surface area contributed by atoms with Crippen LogP contribution in [-0.2, 0) is 5.60 Å². The van der Waals surface area contributed by atoms with E-state index in [0.29, 0.717) is 6.04 Å². The lowest BCUT2D eigenvalue weighted by Gasteiger charge is -2.36. The van der Waals surface area contributed by atoms with Crippen LogP contribution in [-0.4, -0.2) is 23.2 Å². The van der Waals surface area contributed by atoms with E-state index in [2.05, 4.69) is 10.3 Å². The molecule has 0 aliphatic heterocycles. The highest BCUT2D eigenvalue weighted by molar-refractivity contribution is 5.18. The van der Waals surface area contributed by atoms with Crippen LogP contribution in [0.4, 0.5) is 0 Å². The summed E-state index contributed by atoms with van der Waals surface area (Å²) in [4.78, 5) is 4.07. The van der Waals surface area contributed by atoms with Gasteiger partial charge in [-0.15, -0.1) is 0 Å². The van der Waals surface area contributed by atoms with Crippen LogP contribution in [0.25, 0.3) is 0 Å². The molecule has 3 heteroatoms. The second-order valence-corrected chi connectivity index (χ2v) is 4.34. The zero-order valence-electron chi connectivity index (χ0n) is 9.11. The van der Waals surface area contributed by atoms with Crippen LogP contribution in [0.15, 0.2) is 24.5 Å². The molecule has 2 rings (SSSR count). The van der Waals surface area contributed by atoms with Gasteiger partial charge < -0.3 is 10.4 Å². The molecule has 0 saturated heterocycles. The van der Waals surface area contributed by atoms with Crippen molar-refractivity contribution in [3.05, 3.63) is 30.1 Å². The van der Waals surface area contributed by atoms with Crippen molar-refractivity contribution in [2.45, 2.75) is 37.3 Å². The molecule has 0 bridgehead atoms. The molecule has 2 N–H and O–H groups in total. The molecule has 0 amide bonds. The lowest BCUT2D eigenvalue weighted by Crippen LogP contribution is -2.38. The number of pyridine rings is 1. The zero-order chi connectivity index (χ0) is 10.7. The number of hydrogen-bond donors (Lipinski definition) is 2. The number of nitrogens with zero attached hydrogens (tertiary/aromatic N) is 1. The number of aliphatic hydroxyl groups is 1. The van der Waals surface area contributed by atoms with Crippen molar-refractivity contribution in [1.82, 2.24) is 10.3 Å². The fourth-order valence-corrected chi connectivity index (χ4v) is 2.31. The van der Waals surface area contributed by atoms with Gasteiger partial charge in [-0.2, -0.15) is 0 Å². The molecular weight excluding hydrogens is 188 g/mol. The number of aromatic nitrogens is 1. The van der Waals surface area contributed by atoms with Gasteiger partial charge in [-0.1, -0.05) is 6.07 Å². The van der Waals surface area contributed by atoms with Crippen LogP contribution < -0.4 is 5.32 Å². The highest BCUT2D eigenvalue weighted by Gasteiger charge is 2.34. The SMILES string of the molecule is CNC1CCC(O)(c2cccnc2)CC1. The maximum absolute atomic E-state index is 10.5. The molecule has 0 atom stereocenters. The van der Waals surface area contributed by atoms with Gasteiger partial charge in [-0.05, 0) is 38.8 Å². The van der Waals surface area contributed by atoms with Crippen LogP contribution in [0.1, 0.15) is 31.2 Å². The lowest BCUT2D eigenvalue weighted by molar-refractivity contribution is -0.00791. The molecule has 0 radical (unpaired) electrons. The summed E-state index contributed by atoms with van der Waals surface area (Å²) in [5.74, 6) is 0. The summed E-state index contributed by atoms with van der Waals surface area (Å²) in [6.07, 6.45) is 7.23. The molecule has 15 heavy (non-hydrogen) atoms. The topological polar surface area (TPSA) is 45.1 Å². The highest BCUT2D eigenvalue weighted by Crippen LogP contribution is 2.36. The van der Waals surface area contributed by atoms with Gasteiger partial charge in [-0.3, -0.25) is 4.98 Å². The maximum Gasteiger partial charge on any atom is 0.0912 e. The van der Waals surface area contributed by atoms with E-state index in [1.807, 2.05) is 19.2 Å². The van der Waals surface area contributed by atoms with Crippen molar-refractivity contribution in [2.24, 2.45) is 0 Å². The fourth-order valence-electron chi connectivity index (χ4n) is 2.31. The third kappa shape index (κ3) is 2.19. The minimum absolute atomic E-state index is 0.557. The van der Waals surface area contributed by atoms with Crippen molar-refractivity contribution < 1.29 is 5.11 Å². The predicted octanol–water partition coefficient (Wildman–Crippen LogP) is 1.43. The summed E-state index contributed by atoms with van der Waals surface area (Å²) < 4.78 is 0. The summed E-state index contributed by atoms with van der Waals surface area (Å²) in [7, 11) is 1.99. The normalized spacial score (nSPS) is 31.5. The van der Waals surface area contributed by atoms with Crippen LogP contribution in [0.2, 0.25) is 0 Å². The van der Waals surface area contributed by atoms with Crippen molar-refractivity contribution in [2.75, 3.05) is 7.05 Å². The Bertz CT molecular complexity index is 305. The standard InChI is InChI=1S/C12H18N2O/c1-13-11-4-6-12(15,7-5-11)10-3-2-8-14-9-10/h2-3,8-9,11,13,15H,4-7H2,1H3. The molecular formula is C12H18N2O. The Labute approximate surface area is 90.5 Å². The first kappa shape index (κ1) is 10.6. The van der Waals surface area contributed by atoms with Gasteiger partial charge in [0.15, 0.2) is 0 Å². The Morgan fingerprint density at radius 1 is 1.47 bits per heavy atom. The molecule has 1 fully saturated rings. The van der Waals surface area contributed by atoms with Gasteiger partial charge in [0.2, 0.25) is 0 Å². The van der Waals surface area contributed by atoms with Crippen molar-refractivity contribution in [1.29, 1.82) is 0 Å². The van der Waals surface area contributed by atoms with Crippen molar-refractivity contribution in [3.63, 3.8) is 0 Å². The molecule has 3 nitrogen and oxygen atoms in total. The van der Waals surface area contributed by atoms with Crippen LogP contribution in [0, 0.1) is 0 Å². The first-order valence-electron chi connectivity index (χ1n) is 5.55. The van der Waals surface area contributed by atoms with E-state index >= 15 is 0 Å². The first-order chi connectivity index (χ1) is 7.24. The third-order valence-corrected chi connectivity index (χ3v) is 3.42. The first-order valence-corrected chi connectivity index (χ1v) is 5.55. The summed E-state index contributed by atoms with van der Waals surface area (Å²) in [6, 6.07) is 4.41. The molecule has 0 aromatic carbocycles. The molecule has 1 aromatic heterocycles. The second-order valence-electron chi connectivity index (χ2n) is 4.34. The lowest BCUT2D eigenvalue weighted by atomic mass is 9.78. The summed E-state index contributed by atoms with van der Waals surface area (Å²) in [5.41, 5.74) is 0.307. The van der Waals surface area contributed by atoms with Gasteiger partial charge >= 0.3 is 0 Å². The number of nitrogens with one attached hydrogen (secondary N) is 1. The Kier molecular flexibility index (Phi) is 3.03.